The first-order valence-corrected chi connectivity index (χ1v) is 9.29. The monoisotopic (exact) mass is 400 g/mol. The van der Waals surface area contributed by atoms with Gasteiger partial charge in [0, 0.05) is 29.1 Å². The smallest absolute Gasteiger partial charge is 0.252 e. The Hall–Kier alpha value is -4.20. The van der Waals surface area contributed by atoms with E-state index in [1.54, 1.807) is 24.9 Å². The van der Waals surface area contributed by atoms with E-state index in [-0.39, 0.29) is 11.5 Å². The molecule has 30 heavy (non-hydrogen) atoms. The van der Waals surface area contributed by atoms with Crippen LogP contribution in [0.5, 0.6) is 5.75 Å². The van der Waals surface area contributed by atoms with Crippen LogP contribution in [0.15, 0.2) is 76.8 Å². The molecule has 2 heterocycles. The highest BCUT2D eigenvalue weighted by Gasteiger charge is 2.14. The van der Waals surface area contributed by atoms with Gasteiger partial charge in [-0.1, -0.05) is 30.3 Å². The summed E-state index contributed by atoms with van der Waals surface area (Å²) in [4.78, 5) is 18.4. The lowest BCUT2D eigenvalue weighted by Gasteiger charge is -2.06. The summed E-state index contributed by atoms with van der Waals surface area (Å²) >= 11 is 0. The Kier molecular flexibility index (Phi) is 5.38. The molecule has 2 aromatic heterocycles. The molecule has 4 rings (SSSR count). The van der Waals surface area contributed by atoms with Crippen molar-refractivity contribution in [2.75, 3.05) is 12.5 Å². The van der Waals surface area contributed by atoms with E-state index in [4.69, 9.17) is 9.84 Å². The number of hydrogen-bond acceptors (Lipinski definition) is 6. The van der Waals surface area contributed by atoms with Gasteiger partial charge in [0.1, 0.15) is 11.4 Å². The van der Waals surface area contributed by atoms with Crippen LogP contribution in [0.1, 0.15) is 11.3 Å². The maximum atomic E-state index is 11.6. The molecule has 8 heteroatoms. The molecule has 8 nitrogen and oxygen atoms in total. The van der Waals surface area contributed by atoms with Crippen LogP contribution in [0.2, 0.25) is 0 Å². The van der Waals surface area contributed by atoms with Gasteiger partial charge in [0.05, 0.1) is 19.0 Å². The lowest BCUT2D eigenvalue weighted by Crippen LogP contribution is -2.10. The predicted molar refractivity (Wildman–Crippen MR) is 116 cm³/mol. The van der Waals surface area contributed by atoms with Crippen LogP contribution in [0, 0.1) is 6.92 Å². The first kappa shape index (κ1) is 19.1. The van der Waals surface area contributed by atoms with E-state index in [0.29, 0.717) is 17.1 Å². The summed E-state index contributed by atoms with van der Waals surface area (Å²) in [5.41, 5.74) is 6.37. The summed E-state index contributed by atoms with van der Waals surface area (Å²) in [5, 5.41) is 9.00. The maximum Gasteiger partial charge on any atom is 0.252 e. The van der Waals surface area contributed by atoms with Gasteiger partial charge in [-0.25, -0.2) is 15.1 Å². The second kappa shape index (κ2) is 8.44. The molecule has 0 spiro atoms. The van der Waals surface area contributed by atoms with Crippen LogP contribution in [-0.2, 0) is 0 Å². The largest absolute Gasteiger partial charge is 0.496 e. The Bertz CT molecular complexity index is 1240. The van der Waals surface area contributed by atoms with Gasteiger partial charge in [-0.15, -0.1) is 0 Å². The number of anilines is 1. The van der Waals surface area contributed by atoms with Crippen LogP contribution in [0.3, 0.4) is 0 Å². The fourth-order valence-electron chi connectivity index (χ4n) is 3.04. The van der Waals surface area contributed by atoms with Gasteiger partial charge in [0.25, 0.3) is 5.56 Å². The van der Waals surface area contributed by atoms with Gasteiger partial charge in [-0.2, -0.15) is 10.2 Å². The van der Waals surface area contributed by atoms with Crippen molar-refractivity contribution in [1.82, 2.24) is 19.7 Å². The van der Waals surface area contributed by atoms with E-state index in [0.717, 1.165) is 16.8 Å². The zero-order valence-corrected chi connectivity index (χ0v) is 16.5. The molecule has 0 aliphatic carbocycles. The summed E-state index contributed by atoms with van der Waals surface area (Å²) in [6.45, 7) is 1.74. The first-order chi connectivity index (χ1) is 14.6. The molecular weight excluding hydrogens is 380 g/mol. The van der Waals surface area contributed by atoms with Crippen molar-refractivity contribution in [2.24, 2.45) is 5.10 Å². The Balaban J connectivity index is 1.73. The third kappa shape index (κ3) is 4.12. The van der Waals surface area contributed by atoms with Crippen molar-refractivity contribution >= 4 is 12.2 Å². The number of nitrogens with one attached hydrogen (secondary N) is 2. The van der Waals surface area contributed by atoms with E-state index >= 15 is 0 Å². The summed E-state index contributed by atoms with van der Waals surface area (Å²) in [5.74, 6) is 0.980. The minimum atomic E-state index is -0.244. The number of H-pyrrole nitrogens is 1. The van der Waals surface area contributed by atoms with E-state index in [2.05, 4.69) is 20.5 Å². The average molecular weight is 400 g/mol. The molecule has 0 amide bonds. The molecule has 0 unspecified atom stereocenters. The molecule has 0 saturated heterocycles. The standard InChI is InChI=1S/C22H20N6O2/c1-15-12-20(29)25-22(24-15)26-23-13-16-14-28(17-8-4-3-5-9-17)27-21(16)18-10-6-7-11-19(18)30-2/h3-14H,1-2H3,(H2,24,25,26,29)/b23-13-. The van der Waals surface area contributed by atoms with Crippen molar-refractivity contribution in [3.63, 3.8) is 0 Å². The summed E-state index contributed by atoms with van der Waals surface area (Å²) < 4.78 is 7.30. The van der Waals surface area contributed by atoms with Crippen LogP contribution >= 0.6 is 0 Å². The molecule has 0 fully saturated rings. The number of aryl methyl sites for hydroxylation is 1. The predicted octanol–water partition coefficient (Wildman–Crippen LogP) is 3.39. The topological polar surface area (TPSA) is 97.2 Å². The molecule has 0 aliphatic heterocycles. The minimum absolute atomic E-state index is 0.244. The molecule has 0 radical (unpaired) electrons. The number of rotatable bonds is 6. The molecule has 0 aliphatic rings. The number of hydrogen-bond donors (Lipinski definition) is 2. The van der Waals surface area contributed by atoms with Gasteiger partial charge >= 0.3 is 0 Å². The molecular formula is C22H20N6O2. The Labute approximate surface area is 172 Å². The highest BCUT2D eigenvalue weighted by Crippen LogP contribution is 2.31. The van der Waals surface area contributed by atoms with Crippen molar-refractivity contribution in [1.29, 1.82) is 0 Å². The van der Waals surface area contributed by atoms with Gasteiger partial charge in [-0.3, -0.25) is 9.78 Å². The van der Waals surface area contributed by atoms with Gasteiger partial charge in [0.2, 0.25) is 5.95 Å². The lowest BCUT2D eigenvalue weighted by molar-refractivity contribution is 0.416. The van der Waals surface area contributed by atoms with E-state index in [9.17, 15) is 4.79 Å². The third-order valence-electron chi connectivity index (χ3n) is 4.37. The number of aromatic amines is 1. The molecule has 0 bridgehead atoms. The fourth-order valence-corrected chi connectivity index (χ4v) is 3.04. The van der Waals surface area contributed by atoms with Crippen LogP contribution in [-0.4, -0.2) is 33.1 Å². The van der Waals surface area contributed by atoms with Crippen molar-refractivity contribution in [3.8, 4) is 22.7 Å². The molecule has 0 atom stereocenters. The number of para-hydroxylation sites is 2. The van der Waals surface area contributed by atoms with Gasteiger partial charge in [-0.05, 0) is 31.2 Å². The fraction of sp³-hybridized carbons (Fsp3) is 0.0909. The number of nitrogens with zero attached hydrogens (tertiary/aromatic N) is 4. The number of aromatic nitrogens is 4. The zero-order chi connectivity index (χ0) is 20.9. The molecule has 4 aromatic rings. The minimum Gasteiger partial charge on any atom is -0.496 e. The molecule has 2 aromatic carbocycles. The van der Waals surface area contributed by atoms with Crippen molar-refractivity contribution in [3.05, 3.63) is 88.5 Å². The van der Waals surface area contributed by atoms with Crippen molar-refractivity contribution in [2.45, 2.75) is 6.92 Å². The van der Waals surface area contributed by atoms with E-state index in [1.807, 2.05) is 60.8 Å². The van der Waals surface area contributed by atoms with E-state index < -0.39 is 0 Å². The summed E-state index contributed by atoms with van der Waals surface area (Å²) in [6, 6.07) is 18.9. The first-order valence-electron chi connectivity index (χ1n) is 9.29. The zero-order valence-electron chi connectivity index (χ0n) is 16.5. The Morgan fingerprint density at radius 3 is 2.67 bits per heavy atom. The summed E-state index contributed by atoms with van der Waals surface area (Å²) in [6.07, 6.45) is 3.52. The molecule has 150 valence electrons. The number of hydrazone groups is 1. The van der Waals surface area contributed by atoms with Gasteiger partial charge < -0.3 is 4.74 Å². The number of ether oxygens (including phenoxy) is 1. The highest BCUT2D eigenvalue weighted by atomic mass is 16.5. The van der Waals surface area contributed by atoms with Crippen molar-refractivity contribution < 1.29 is 4.74 Å². The maximum absolute atomic E-state index is 11.6. The van der Waals surface area contributed by atoms with Crippen LogP contribution < -0.4 is 15.7 Å². The number of benzene rings is 2. The average Bonchev–Trinajstić information content (AvgIpc) is 3.17. The Morgan fingerprint density at radius 2 is 1.90 bits per heavy atom. The second-order valence-corrected chi connectivity index (χ2v) is 6.52. The number of methoxy groups -OCH3 is 1. The molecule has 0 saturated carbocycles. The Morgan fingerprint density at radius 1 is 1.13 bits per heavy atom. The van der Waals surface area contributed by atoms with Crippen LogP contribution in [0.4, 0.5) is 5.95 Å². The lowest BCUT2D eigenvalue weighted by atomic mass is 10.1. The third-order valence-corrected chi connectivity index (χ3v) is 4.37. The molecule has 2 N–H and O–H groups in total. The SMILES string of the molecule is COc1ccccc1-c1nn(-c2ccccc2)cc1/C=N\Nc1nc(C)cc(=O)[nH]1. The normalized spacial score (nSPS) is 11.0. The second-order valence-electron chi connectivity index (χ2n) is 6.52. The van der Waals surface area contributed by atoms with Crippen LogP contribution in [0.25, 0.3) is 16.9 Å². The highest BCUT2D eigenvalue weighted by molar-refractivity contribution is 5.90. The quantitative estimate of drug-likeness (QED) is 0.382. The van der Waals surface area contributed by atoms with Gasteiger partial charge in [0.15, 0.2) is 0 Å². The van der Waals surface area contributed by atoms with E-state index in [1.165, 1.54) is 6.07 Å². The summed E-state index contributed by atoms with van der Waals surface area (Å²) in [7, 11) is 1.63.